The number of piperidine rings is 1. The second-order valence-electron chi connectivity index (χ2n) is 10.4. The Morgan fingerprint density at radius 1 is 1.15 bits per heavy atom. The van der Waals surface area contributed by atoms with Gasteiger partial charge in [-0.15, -0.1) is 0 Å². The predicted molar refractivity (Wildman–Crippen MR) is 132 cm³/mol. The molecule has 1 saturated carbocycles. The summed E-state index contributed by atoms with van der Waals surface area (Å²) >= 11 is 0. The Morgan fingerprint density at radius 3 is 2.53 bits per heavy atom. The fourth-order valence-electron chi connectivity index (χ4n) is 6.10. The molecule has 2 amide bonds. The van der Waals surface area contributed by atoms with Crippen LogP contribution in [-0.4, -0.2) is 65.0 Å². The third kappa shape index (κ3) is 5.19. The number of carbonyl (C=O) groups excluding carboxylic acids is 2. The van der Waals surface area contributed by atoms with Crippen LogP contribution >= 0.6 is 0 Å². The molecule has 1 aromatic rings. The fraction of sp³-hybridized carbons (Fsp3) is 0.704. The molecule has 1 aromatic carbocycles. The molecule has 3 fully saturated rings. The van der Waals surface area contributed by atoms with Crippen molar-refractivity contribution in [2.75, 3.05) is 26.7 Å². The summed E-state index contributed by atoms with van der Waals surface area (Å²) in [5.74, 6) is 1.33. The summed E-state index contributed by atoms with van der Waals surface area (Å²) in [6.45, 7) is 4.97. The summed E-state index contributed by atoms with van der Waals surface area (Å²) in [4.78, 5) is 31.5. The highest BCUT2D eigenvalue weighted by molar-refractivity contribution is 6.00. The lowest BCUT2D eigenvalue weighted by Gasteiger charge is -2.52. The van der Waals surface area contributed by atoms with Crippen molar-refractivity contribution in [1.82, 2.24) is 15.1 Å². The van der Waals surface area contributed by atoms with Gasteiger partial charge in [0.25, 0.3) is 0 Å². The number of piperazine rings is 1. The monoisotopic (exact) mass is 471 g/mol. The smallest absolute Gasteiger partial charge is 0.246 e. The molecular formula is C27H41N3O4. The Morgan fingerprint density at radius 2 is 1.88 bits per heavy atom. The van der Waals surface area contributed by atoms with E-state index in [0.29, 0.717) is 37.6 Å². The molecule has 2 N–H and O–H groups in total. The van der Waals surface area contributed by atoms with Crippen LogP contribution in [0.2, 0.25) is 0 Å². The second kappa shape index (κ2) is 11.0. The van der Waals surface area contributed by atoms with Crippen molar-refractivity contribution >= 4 is 11.8 Å². The highest BCUT2D eigenvalue weighted by Crippen LogP contribution is 2.36. The van der Waals surface area contributed by atoms with Crippen LogP contribution in [0.1, 0.15) is 76.7 Å². The molecular weight excluding hydrogens is 430 g/mol. The van der Waals surface area contributed by atoms with Crippen molar-refractivity contribution in [3.05, 3.63) is 23.8 Å². The van der Waals surface area contributed by atoms with Crippen molar-refractivity contribution in [2.45, 2.75) is 89.3 Å². The van der Waals surface area contributed by atoms with E-state index in [2.05, 4.69) is 17.1 Å². The van der Waals surface area contributed by atoms with Gasteiger partial charge in [-0.25, -0.2) is 0 Å². The molecule has 7 nitrogen and oxygen atoms in total. The zero-order valence-electron chi connectivity index (χ0n) is 20.9. The number of hydrogen-bond donors (Lipinski definition) is 2. The minimum atomic E-state index is -0.728. The van der Waals surface area contributed by atoms with E-state index >= 15 is 0 Å². The van der Waals surface area contributed by atoms with Gasteiger partial charge in [0, 0.05) is 26.2 Å². The van der Waals surface area contributed by atoms with Crippen molar-refractivity contribution < 1.29 is 19.4 Å². The van der Waals surface area contributed by atoms with Crippen LogP contribution in [0.4, 0.5) is 0 Å². The molecule has 0 radical (unpaired) electrons. The third-order valence-electron chi connectivity index (χ3n) is 8.17. The maximum atomic E-state index is 13.7. The predicted octanol–water partition coefficient (Wildman–Crippen LogP) is 3.83. The lowest BCUT2D eigenvalue weighted by molar-refractivity contribution is -0.162. The van der Waals surface area contributed by atoms with Gasteiger partial charge in [-0.1, -0.05) is 51.5 Å². The molecule has 0 bridgehead atoms. The van der Waals surface area contributed by atoms with Gasteiger partial charge < -0.3 is 20.1 Å². The number of carbonyl (C=O) groups is 2. The second-order valence-corrected chi connectivity index (χ2v) is 10.4. The molecule has 2 heterocycles. The number of nitrogens with one attached hydrogen (secondary N) is 1. The van der Waals surface area contributed by atoms with E-state index in [9.17, 15) is 14.7 Å². The number of unbranched alkanes of at least 4 members (excludes halogenated alkanes) is 1. The zero-order chi connectivity index (χ0) is 24.1. The van der Waals surface area contributed by atoms with Gasteiger partial charge in [0.2, 0.25) is 11.8 Å². The SMILES string of the molecule is CCCCN1C(=O)C(CC2CCCCC2)NC(=O)C12CCN(Cc1ccc(OC)c(O)c1)CC2. The van der Waals surface area contributed by atoms with Gasteiger partial charge in [-0.3, -0.25) is 14.5 Å². The number of ether oxygens (including phenoxy) is 1. The van der Waals surface area contributed by atoms with Crippen LogP contribution in [0.5, 0.6) is 11.5 Å². The molecule has 2 saturated heterocycles. The van der Waals surface area contributed by atoms with Gasteiger partial charge in [0.1, 0.15) is 11.6 Å². The largest absolute Gasteiger partial charge is 0.504 e. The minimum Gasteiger partial charge on any atom is -0.504 e. The maximum absolute atomic E-state index is 13.7. The Bertz CT molecular complexity index is 859. The fourth-order valence-corrected chi connectivity index (χ4v) is 6.10. The lowest BCUT2D eigenvalue weighted by atomic mass is 9.79. The Labute approximate surface area is 203 Å². The highest BCUT2D eigenvalue weighted by Gasteiger charge is 2.53. The molecule has 1 aliphatic carbocycles. The number of likely N-dealkylation sites (tertiary alicyclic amines) is 1. The number of rotatable bonds is 8. The number of benzene rings is 1. The van der Waals surface area contributed by atoms with Crippen molar-refractivity contribution in [2.24, 2.45) is 5.92 Å². The summed E-state index contributed by atoms with van der Waals surface area (Å²) in [7, 11) is 1.54. The zero-order valence-corrected chi connectivity index (χ0v) is 20.9. The van der Waals surface area contributed by atoms with Crippen LogP contribution in [-0.2, 0) is 16.1 Å². The van der Waals surface area contributed by atoms with Gasteiger partial charge >= 0.3 is 0 Å². The summed E-state index contributed by atoms with van der Waals surface area (Å²) < 4.78 is 5.14. The standard InChI is InChI=1S/C27H41N3O4/c1-3-4-14-30-25(32)22(17-20-8-6-5-7-9-20)28-26(33)27(30)12-15-29(16-13-27)19-21-10-11-24(34-2)23(31)18-21/h10-11,18,20,22,31H,3-9,12-17,19H2,1-2H3,(H,28,33). The first kappa shape index (κ1) is 24.8. The lowest BCUT2D eigenvalue weighted by Crippen LogP contribution is -2.73. The van der Waals surface area contributed by atoms with E-state index in [4.69, 9.17) is 4.74 Å². The first-order valence-corrected chi connectivity index (χ1v) is 13.2. The van der Waals surface area contributed by atoms with Crippen molar-refractivity contribution in [1.29, 1.82) is 0 Å². The van der Waals surface area contributed by atoms with Gasteiger partial charge in [-0.2, -0.15) is 0 Å². The summed E-state index contributed by atoms with van der Waals surface area (Å²) in [5, 5.41) is 13.3. The van der Waals surface area contributed by atoms with Crippen molar-refractivity contribution in [3.63, 3.8) is 0 Å². The van der Waals surface area contributed by atoms with E-state index < -0.39 is 5.54 Å². The molecule has 1 atom stereocenters. The van der Waals surface area contributed by atoms with Crippen LogP contribution in [0.3, 0.4) is 0 Å². The van der Waals surface area contributed by atoms with E-state index in [0.717, 1.165) is 37.9 Å². The molecule has 3 aliphatic rings. The number of nitrogens with zero attached hydrogens (tertiary/aromatic N) is 2. The topological polar surface area (TPSA) is 82.1 Å². The van der Waals surface area contributed by atoms with Gasteiger partial charge in [0.05, 0.1) is 7.11 Å². The number of hydrogen-bond acceptors (Lipinski definition) is 5. The quantitative estimate of drug-likeness (QED) is 0.602. The molecule has 2 aliphatic heterocycles. The Hall–Kier alpha value is -2.28. The molecule has 1 spiro atoms. The van der Waals surface area contributed by atoms with Crippen LogP contribution in [0.25, 0.3) is 0 Å². The van der Waals surface area contributed by atoms with Crippen LogP contribution in [0, 0.1) is 5.92 Å². The highest BCUT2D eigenvalue weighted by atomic mass is 16.5. The summed E-state index contributed by atoms with van der Waals surface area (Å²) in [6, 6.07) is 5.12. The Balaban J connectivity index is 1.43. The number of methoxy groups -OCH3 is 1. The van der Waals surface area contributed by atoms with E-state index in [1.54, 1.807) is 19.2 Å². The Kier molecular flexibility index (Phi) is 8.02. The molecule has 1 unspecified atom stereocenters. The van der Waals surface area contributed by atoms with E-state index in [1.165, 1.54) is 32.1 Å². The summed E-state index contributed by atoms with van der Waals surface area (Å²) in [6.07, 6.45) is 10.1. The average molecular weight is 472 g/mol. The maximum Gasteiger partial charge on any atom is 0.246 e. The van der Waals surface area contributed by atoms with E-state index in [1.807, 2.05) is 11.0 Å². The van der Waals surface area contributed by atoms with Gasteiger partial charge in [0.15, 0.2) is 11.5 Å². The number of phenols is 1. The van der Waals surface area contributed by atoms with Crippen LogP contribution < -0.4 is 10.1 Å². The molecule has 188 valence electrons. The summed E-state index contributed by atoms with van der Waals surface area (Å²) in [5.41, 5.74) is 0.280. The normalized spacial score (nSPS) is 23.8. The minimum absolute atomic E-state index is 0.0470. The third-order valence-corrected chi connectivity index (χ3v) is 8.17. The first-order valence-electron chi connectivity index (χ1n) is 13.2. The van der Waals surface area contributed by atoms with Crippen molar-refractivity contribution in [3.8, 4) is 11.5 Å². The average Bonchev–Trinajstić information content (AvgIpc) is 2.84. The molecule has 0 aromatic heterocycles. The number of phenolic OH excluding ortho intramolecular Hbond substituents is 1. The van der Waals surface area contributed by atoms with E-state index in [-0.39, 0.29) is 23.6 Å². The molecule has 34 heavy (non-hydrogen) atoms. The first-order chi connectivity index (χ1) is 16.5. The molecule has 7 heteroatoms. The number of aromatic hydroxyl groups is 1. The van der Waals surface area contributed by atoms with Gasteiger partial charge in [-0.05, 0) is 49.3 Å². The van der Waals surface area contributed by atoms with Crippen LogP contribution in [0.15, 0.2) is 18.2 Å². The number of amides is 2. The molecule has 4 rings (SSSR count).